The molecule has 3 rings (SSSR count). The first-order valence-electron chi connectivity index (χ1n) is 6.82. The summed E-state index contributed by atoms with van der Waals surface area (Å²) in [7, 11) is 2.10. The predicted octanol–water partition coefficient (Wildman–Crippen LogP) is 1.01. The monoisotopic (exact) mass is 288 g/mol. The molecule has 0 saturated carbocycles. The Morgan fingerprint density at radius 2 is 1.90 bits per heavy atom. The molecule has 3 heterocycles. The van der Waals surface area contributed by atoms with Gasteiger partial charge in [0.25, 0.3) is 0 Å². The van der Waals surface area contributed by atoms with E-state index < -0.39 is 5.95 Å². The summed E-state index contributed by atoms with van der Waals surface area (Å²) in [5, 5.41) is 0. The van der Waals surface area contributed by atoms with Crippen LogP contribution in [0.2, 0.25) is 0 Å². The minimum absolute atomic E-state index is 0.214. The zero-order valence-corrected chi connectivity index (χ0v) is 11.8. The van der Waals surface area contributed by atoms with Crippen LogP contribution in [-0.2, 0) is 0 Å². The number of nitrogens with two attached hydrogens (primary N) is 1. The van der Waals surface area contributed by atoms with E-state index in [2.05, 4.69) is 31.8 Å². The molecule has 1 aliphatic heterocycles. The normalized spacial score (nSPS) is 16.2. The number of nitrogen functional groups attached to an aromatic ring is 1. The third-order valence-corrected chi connectivity index (χ3v) is 3.58. The number of hydrogen-bond acceptors (Lipinski definition) is 6. The van der Waals surface area contributed by atoms with Crippen LogP contribution in [0.5, 0.6) is 0 Å². The molecule has 0 aromatic carbocycles. The zero-order chi connectivity index (χ0) is 14.8. The van der Waals surface area contributed by atoms with Gasteiger partial charge in [0.05, 0.1) is 5.69 Å². The van der Waals surface area contributed by atoms with Crippen molar-refractivity contribution in [3.63, 3.8) is 0 Å². The summed E-state index contributed by atoms with van der Waals surface area (Å²) in [6, 6.07) is 4.82. The molecule has 0 atom stereocenters. The first-order chi connectivity index (χ1) is 10.1. The van der Waals surface area contributed by atoms with E-state index >= 15 is 0 Å². The zero-order valence-electron chi connectivity index (χ0n) is 11.8. The minimum atomic E-state index is -0.514. The smallest absolute Gasteiger partial charge is 0.222 e. The van der Waals surface area contributed by atoms with Crippen molar-refractivity contribution in [3.05, 3.63) is 30.3 Å². The number of rotatable bonds is 2. The second-order valence-corrected chi connectivity index (χ2v) is 5.13. The molecule has 1 fully saturated rings. The fourth-order valence-electron chi connectivity index (χ4n) is 2.33. The van der Waals surface area contributed by atoms with Crippen molar-refractivity contribution < 1.29 is 4.39 Å². The lowest BCUT2D eigenvalue weighted by Gasteiger charge is -2.33. The highest BCUT2D eigenvalue weighted by Gasteiger charge is 2.17. The SMILES string of the molecule is CN1CCN(c2cc(-c3ccc(F)nc3)nc(N)n2)CC1. The second-order valence-electron chi connectivity index (χ2n) is 5.13. The topological polar surface area (TPSA) is 71.2 Å². The molecular formula is C14H17FN6. The fourth-order valence-corrected chi connectivity index (χ4v) is 2.33. The standard InChI is InChI=1S/C14H17FN6/c1-20-4-6-21(7-5-20)13-8-11(18-14(16)19-13)10-2-3-12(15)17-9-10/h2-3,8-9H,4-7H2,1H3,(H2,16,18,19). The molecule has 0 spiro atoms. The molecule has 21 heavy (non-hydrogen) atoms. The van der Waals surface area contributed by atoms with Gasteiger partial charge >= 0.3 is 0 Å². The third kappa shape index (κ3) is 3.08. The summed E-state index contributed by atoms with van der Waals surface area (Å²) in [6.45, 7) is 3.76. The van der Waals surface area contributed by atoms with E-state index in [-0.39, 0.29) is 5.95 Å². The summed E-state index contributed by atoms with van der Waals surface area (Å²) >= 11 is 0. The van der Waals surface area contributed by atoms with Crippen molar-refractivity contribution >= 4 is 11.8 Å². The van der Waals surface area contributed by atoms with E-state index in [1.54, 1.807) is 6.07 Å². The molecule has 6 nitrogen and oxygen atoms in total. The molecule has 2 aromatic heterocycles. The number of pyridine rings is 1. The molecule has 1 saturated heterocycles. The number of hydrogen-bond donors (Lipinski definition) is 1. The van der Waals surface area contributed by atoms with Crippen LogP contribution < -0.4 is 10.6 Å². The van der Waals surface area contributed by atoms with Gasteiger partial charge in [0.15, 0.2) is 0 Å². The van der Waals surface area contributed by atoms with Gasteiger partial charge in [-0.05, 0) is 19.2 Å². The van der Waals surface area contributed by atoms with Crippen LogP contribution >= 0.6 is 0 Å². The fraction of sp³-hybridized carbons (Fsp3) is 0.357. The van der Waals surface area contributed by atoms with Gasteiger partial charge in [0, 0.05) is 44.0 Å². The first kappa shape index (κ1) is 13.7. The van der Waals surface area contributed by atoms with Crippen molar-refractivity contribution in [2.24, 2.45) is 0 Å². The van der Waals surface area contributed by atoms with Crippen LogP contribution in [0.4, 0.5) is 16.2 Å². The molecule has 2 aromatic rings. The van der Waals surface area contributed by atoms with Gasteiger partial charge in [-0.15, -0.1) is 0 Å². The van der Waals surface area contributed by atoms with E-state index in [1.165, 1.54) is 12.3 Å². The molecule has 7 heteroatoms. The Hall–Kier alpha value is -2.28. The summed E-state index contributed by atoms with van der Waals surface area (Å²) < 4.78 is 12.9. The van der Waals surface area contributed by atoms with Gasteiger partial charge in [-0.3, -0.25) is 0 Å². The maximum absolute atomic E-state index is 12.9. The lowest BCUT2D eigenvalue weighted by Crippen LogP contribution is -2.44. The highest BCUT2D eigenvalue weighted by Crippen LogP contribution is 2.23. The molecule has 110 valence electrons. The average molecular weight is 288 g/mol. The van der Waals surface area contributed by atoms with Crippen LogP contribution in [0.1, 0.15) is 0 Å². The molecule has 0 radical (unpaired) electrons. The number of anilines is 2. The van der Waals surface area contributed by atoms with Gasteiger partial charge in [-0.2, -0.15) is 9.37 Å². The first-order valence-corrected chi connectivity index (χ1v) is 6.82. The second kappa shape index (κ2) is 5.61. The lowest BCUT2D eigenvalue weighted by molar-refractivity contribution is 0.312. The van der Waals surface area contributed by atoms with Crippen LogP contribution in [0, 0.1) is 5.95 Å². The summed E-state index contributed by atoms with van der Waals surface area (Å²) in [5.41, 5.74) is 7.19. The van der Waals surface area contributed by atoms with Crippen molar-refractivity contribution in [3.8, 4) is 11.3 Å². The molecule has 0 unspecified atom stereocenters. The highest BCUT2D eigenvalue weighted by molar-refractivity contribution is 5.63. The molecule has 1 aliphatic rings. The maximum Gasteiger partial charge on any atom is 0.222 e. The lowest BCUT2D eigenvalue weighted by atomic mass is 10.2. The maximum atomic E-state index is 12.9. The quantitative estimate of drug-likeness (QED) is 0.832. The summed E-state index contributed by atoms with van der Waals surface area (Å²) in [5.74, 6) is 0.501. The number of piperazine rings is 1. The van der Waals surface area contributed by atoms with Crippen LogP contribution in [0.25, 0.3) is 11.3 Å². The van der Waals surface area contributed by atoms with Crippen LogP contribution in [-0.4, -0.2) is 53.1 Å². The minimum Gasteiger partial charge on any atom is -0.368 e. The van der Waals surface area contributed by atoms with Gasteiger partial charge in [-0.25, -0.2) is 9.97 Å². The Morgan fingerprint density at radius 1 is 1.14 bits per heavy atom. The molecule has 0 amide bonds. The highest BCUT2D eigenvalue weighted by atomic mass is 19.1. The third-order valence-electron chi connectivity index (χ3n) is 3.58. The van der Waals surface area contributed by atoms with Crippen LogP contribution in [0.3, 0.4) is 0 Å². The Balaban J connectivity index is 1.91. The Bertz CT molecular complexity index is 622. The molecule has 0 bridgehead atoms. The Kier molecular flexibility index (Phi) is 3.66. The van der Waals surface area contributed by atoms with E-state index in [0.717, 1.165) is 37.6 Å². The van der Waals surface area contributed by atoms with Crippen LogP contribution in [0.15, 0.2) is 24.4 Å². The number of nitrogens with zero attached hydrogens (tertiary/aromatic N) is 5. The molecule has 2 N–H and O–H groups in total. The Morgan fingerprint density at radius 3 is 2.57 bits per heavy atom. The van der Waals surface area contributed by atoms with Gasteiger partial charge < -0.3 is 15.5 Å². The van der Waals surface area contributed by atoms with Crippen molar-refractivity contribution in [2.45, 2.75) is 0 Å². The van der Waals surface area contributed by atoms with E-state index in [1.807, 2.05) is 6.07 Å². The van der Waals surface area contributed by atoms with Gasteiger partial charge in [0.1, 0.15) is 5.82 Å². The van der Waals surface area contributed by atoms with Crippen molar-refractivity contribution in [1.82, 2.24) is 19.9 Å². The van der Waals surface area contributed by atoms with Gasteiger partial charge in [-0.1, -0.05) is 0 Å². The average Bonchev–Trinajstić information content (AvgIpc) is 2.48. The molecule has 0 aliphatic carbocycles. The van der Waals surface area contributed by atoms with Crippen molar-refractivity contribution in [2.75, 3.05) is 43.9 Å². The largest absolute Gasteiger partial charge is 0.368 e. The van der Waals surface area contributed by atoms with E-state index in [9.17, 15) is 4.39 Å². The van der Waals surface area contributed by atoms with Gasteiger partial charge in [0.2, 0.25) is 11.9 Å². The summed E-state index contributed by atoms with van der Waals surface area (Å²) in [6.07, 6.45) is 1.45. The van der Waals surface area contributed by atoms with E-state index in [4.69, 9.17) is 5.73 Å². The van der Waals surface area contributed by atoms with E-state index in [0.29, 0.717) is 5.69 Å². The molecular weight excluding hydrogens is 271 g/mol. The number of likely N-dealkylation sites (N-methyl/N-ethyl adjacent to an activating group) is 1. The van der Waals surface area contributed by atoms with Crippen molar-refractivity contribution in [1.29, 1.82) is 0 Å². The predicted molar refractivity (Wildman–Crippen MR) is 79.3 cm³/mol. The number of aromatic nitrogens is 3. The summed E-state index contributed by atoms with van der Waals surface area (Å²) in [4.78, 5) is 16.6. The number of halogens is 1. The Labute approximate surface area is 122 Å².